The van der Waals surface area contributed by atoms with Gasteiger partial charge in [-0.2, -0.15) is 13.2 Å². The summed E-state index contributed by atoms with van der Waals surface area (Å²) in [7, 11) is 0. The highest BCUT2D eigenvalue weighted by molar-refractivity contribution is 5.89. The highest BCUT2D eigenvalue weighted by atomic mass is 19.4. The van der Waals surface area contributed by atoms with Crippen LogP contribution in [0.3, 0.4) is 0 Å². The molecule has 4 rings (SSSR count). The van der Waals surface area contributed by atoms with Crippen molar-refractivity contribution in [3.05, 3.63) is 89.5 Å². The molecule has 0 unspecified atom stereocenters. The number of benzene rings is 2. The van der Waals surface area contributed by atoms with Crippen molar-refractivity contribution in [1.82, 2.24) is 9.72 Å². The maximum atomic E-state index is 13.1. The Hall–Kier alpha value is -3.35. The Bertz CT molecular complexity index is 1120. The number of fused-ring (bicyclic) bond motifs is 1. The molecule has 4 nitrogen and oxygen atoms in total. The summed E-state index contributed by atoms with van der Waals surface area (Å²) in [6, 6.07) is 17.3. The van der Waals surface area contributed by atoms with Crippen molar-refractivity contribution < 1.29 is 17.7 Å². The maximum absolute atomic E-state index is 13.1. The molecule has 7 heteroatoms. The van der Waals surface area contributed by atoms with Crippen molar-refractivity contribution in [2.45, 2.75) is 12.7 Å². The van der Waals surface area contributed by atoms with Gasteiger partial charge < -0.3 is 9.09 Å². The van der Waals surface area contributed by atoms with Crippen LogP contribution in [0.25, 0.3) is 11.0 Å². The fourth-order valence-corrected chi connectivity index (χ4v) is 2.80. The molecule has 136 valence electrons. The first-order chi connectivity index (χ1) is 13.0. The number of para-hydroxylation sites is 1. The van der Waals surface area contributed by atoms with E-state index in [4.69, 9.17) is 4.52 Å². The molecule has 2 aromatic carbocycles. The van der Waals surface area contributed by atoms with Gasteiger partial charge in [-0.15, -0.1) is 0 Å². The van der Waals surface area contributed by atoms with Gasteiger partial charge >= 0.3 is 6.18 Å². The van der Waals surface area contributed by atoms with Crippen LogP contribution in [0.1, 0.15) is 11.1 Å². The van der Waals surface area contributed by atoms with Crippen molar-refractivity contribution in [2.75, 3.05) is 0 Å². The van der Waals surface area contributed by atoms with Gasteiger partial charge in [-0.3, -0.25) is 0 Å². The van der Waals surface area contributed by atoms with Gasteiger partial charge in [0.05, 0.1) is 10.7 Å². The lowest BCUT2D eigenvalue weighted by Crippen LogP contribution is -2.06. The van der Waals surface area contributed by atoms with Gasteiger partial charge in [0, 0.05) is 18.9 Å². The molecule has 0 fully saturated rings. The molecular formula is C20H14F3N3O. The Kier molecular flexibility index (Phi) is 4.27. The molecule has 0 spiro atoms. The van der Waals surface area contributed by atoms with E-state index in [1.807, 2.05) is 47.3 Å². The number of hydrogen-bond donors (Lipinski definition) is 0. The lowest BCUT2D eigenvalue weighted by molar-refractivity contribution is -0.137. The third-order valence-electron chi connectivity index (χ3n) is 4.10. The summed E-state index contributed by atoms with van der Waals surface area (Å²) in [5.41, 5.74) is -0.00379. The molecule has 4 aromatic rings. The second-order valence-corrected chi connectivity index (χ2v) is 6.01. The summed E-state index contributed by atoms with van der Waals surface area (Å²) < 4.78 is 46.1. The van der Waals surface area contributed by atoms with E-state index in [1.165, 1.54) is 12.1 Å². The SMILES string of the molecule is FC(F)(F)c1cccc2c(N=c3ccn(Cc4ccccc4)cc3)noc12. The summed E-state index contributed by atoms with van der Waals surface area (Å²) in [5, 5.41) is 4.51. The smallest absolute Gasteiger partial charge is 0.353 e. The van der Waals surface area contributed by atoms with Crippen LogP contribution in [0.5, 0.6) is 0 Å². The van der Waals surface area contributed by atoms with Crippen molar-refractivity contribution >= 4 is 16.8 Å². The minimum atomic E-state index is -4.51. The van der Waals surface area contributed by atoms with Crippen LogP contribution in [0, 0.1) is 0 Å². The van der Waals surface area contributed by atoms with Crippen molar-refractivity contribution in [3.63, 3.8) is 0 Å². The minimum absolute atomic E-state index is 0.122. The van der Waals surface area contributed by atoms with Crippen molar-refractivity contribution in [2.24, 2.45) is 4.99 Å². The summed E-state index contributed by atoms with van der Waals surface area (Å²) >= 11 is 0. The predicted octanol–water partition coefficient (Wildman–Crippen LogP) is 4.93. The second kappa shape index (κ2) is 6.75. The minimum Gasteiger partial charge on any atom is -0.353 e. The Morgan fingerprint density at radius 2 is 1.67 bits per heavy atom. The van der Waals surface area contributed by atoms with Gasteiger partial charge in [0.1, 0.15) is 5.56 Å². The summed E-state index contributed by atoms with van der Waals surface area (Å²) in [4.78, 5) is 4.32. The summed E-state index contributed by atoms with van der Waals surface area (Å²) in [6.45, 7) is 0.711. The number of rotatable bonds is 3. The van der Waals surface area contributed by atoms with Gasteiger partial charge in [0.2, 0.25) is 5.82 Å². The van der Waals surface area contributed by atoms with Gasteiger partial charge in [0.25, 0.3) is 0 Å². The van der Waals surface area contributed by atoms with Crippen LogP contribution < -0.4 is 5.36 Å². The second-order valence-electron chi connectivity index (χ2n) is 6.01. The fourth-order valence-electron chi connectivity index (χ4n) is 2.80. The molecule has 2 heterocycles. The van der Waals surface area contributed by atoms with Gasteiger partial charge in [0.15, 0.2) is 5.58 Å². The van der Waals surface area contributed by atoms with Gasteiger partial charge in [-0.05, 0) is 29.8 Å². The van der Waals surface area contributed by atoms with Gasteiger partial charge in [-0.1, -0.05) is 41.6 Å². The number of hydrogen-bond acceptors (Lipinski definition) is 3. The van der Waals surface area contributed by atoms with Crippen molar-refractivity contribution in [3.8, 4) is 0 Å². The third-order valence-corrected chi connectivity index (χ3v) is 4.10. The zero-order chi connectivity index (χ0) is 18.9. The van der Waals surface area contributed by atoms with E-state index < -0.39 is 11.7 Å². The average Bonchev–Trinajstić information content (AvgIpc) is 3.06. The van der Waals surface area contributed by atoms with E-state index >= 15 is 0 Å². The zero-order valence-corrected chi connectivity index (χ0v) is 14.0. The van der Waals surface area contributed by atoms with Crippen LogP contribution in [-0.2, 0) is 12.7 Å². The zero-order valence-electron chi connectivity index (χ0n) is 14.0. The molecule has 0 saturated heterocycles. The molecule has 0 aliphatic carbocycles. The highest BCUT2D eigenvalue weighted by Gasteiger charge is 2.34. The highest BCUT2D eigenvalue weighted by Crippen LogP contribution is 2.37. The molecule has 0 N–H and O–H groups in total. The van der Waals surface area contributed by atoms with Crippen LogP contribution in [-0.4, -0.2) is 9.72 Å². The summed E-state index contributed by atoms with van der Waals surface area (Å²) in [5.74, 6) is 0.122. The molecular weight excluding hydrogens is 355 g/mol. The first-order valence-electron chi connectivity index (χ1n) is 8.21. The molecule has 0 aliphatic rings. The molecule has 0 radical (unpaired) electrons. The molecule has 27 heavy (non-hydrogen) atoms. The quantitative estimate of drug-likeness (QED) is 0.514. The normalized spacial score (nSPS) is 11.7. The number of nitrogens with zero attached hydrogens (tertiary/aromatic N) is 3. The Morgan fingerprint density at radius 3 is 2.37 bits per heavy atom. The van der Waals surface area contributed by atoms with E-state index in [0.717, 1.165) is 11.6 Å². The lowest BCUT2D eigenvalue weighted by atomic mass is 10.1. The molecule has 0 saturated carbocycles. The standard InChI is InChI=1S/C20H14F3N3O/c21-20(22,23)17-8-4-7-16-18(17)27-25-19(16)24-15-9-11-26(12-10-15)13-14-5-2-1-3-6-14/h1-12H,13H2. The number of alkyl halides is 3. The Morgan fingerprint density at radius 1 is 0.926 bits per heavy atom. The molecule has 0 bridgehead atoms. The predicted molar refractivity (Wildman–Crippen MR) is 94.2 cm³/mol. The Labute approximate surface area is 152 Å². The Balaban J connectivity index is 1.66. The van der Waals surface area contributed by atoms with E-state index in [0.29, 0.717) is 11.9 Å². The average molecular weight is 369 g/mol. The van der Waals surface area contributed by atoms with E-state index in [2.05, 4.69) is 10.1 Å². The lowest BCUT2D eigenvalue weighted by Gasteiger charge is -2.05. The number of pyridine rings is 1. The monoisotopic (exact) mass is 369 g/mol. The molecule has 0 amide bonds. The van der Waals surface area contributed by atoms with E-state index in [-0.39, 0.29) is 16.8 Å². The topological polar surface area (TPSA) is 43.3 Å². The van der Waals surface area contributed by atoms with E-state index in [9.17, 15) is 13.2 Å². The number of aromatic nitrogens is 2. The molecule has 0 atom stereocenters. The molecule has 0 aliphatic heterocycles. The van der Waals surface area contributed by atoms with Crippen LogP contribution in [0.2, 0.25) is 0 Å². The first kappa shape index (κ1) is 17.1. The fraction of sp³-hybridized carbons (Fsp3) is 0.100. The van der Waals surface area contributed by atoms with Crippen LogP contribution in [0.4, 0.5) is 19.0 Å². The maximum Gasteiger partial charge on any atom is 0.420 e. The van der Waals surface area contributed by atoms with Gasteiger partial charge in [-0.25, -0.2) is 4.99 Å². The third kappa shape index (κ3) is 3.62. The largest absolute Gasteiger partial charge is 0.420 e. The van der Waals surface area contributed by atoms with Crippen LogP contribution >= 0.6 is 0 Å². The van der Waals surface area contributed by atoms with Crippen molar-refractivity contribution in [1.29, 1.82) is 0 Å². The first-order valence-corrected chi connectivity index (χ1v) is 8.21. The van der Waals surface area contributed by atoms with Crippen LogP contribution in [0.15, 0.2) is 82.6 Å². The summed E-state index contributed by atoms with van der Waals surface area (Å²) in [6.07, 6.45) is -0.795. The number of halogens is 3. The molecule has 2 aromatic heterocycles. The van der Waals surface area contributed by atoms with E-state index in [1.54, 1.807) is 12.1 Å².